The number of piperidine rings is 1. The lowest BCUT2D eigenvalue weighted by Crippen LogP contribution is -2.40. The number of amides is 1. The van der Waals surface area contributed by atoms with Gasteiger partial charge in [-0.05, 0) is 12.8 Å². The van der Waals surface area contributed by atoms with Crippen molar-refractivity contribution < 1.29 is 4.79 Å². The van der Waals surface area contributed by atoms with Gasteiger partial charge in [0, 0.05) is 13.1 Å². The normalized spacial score (nSPS) is 21.3. The molecule has 0 saturated carbocycles. The van der Waals surface area contributed by atoms with Crippen LogP contribution in [0.2, 0.25) is 0 Å². The Morgan fingerprint density at radius 1 is 1.22 bits per heavy atom. The number of hydrogen-bond acceptors (Lipinski definition) is 2. The van der Waals surface area contributed by atoms with Gasteiger partial charge in [0.1, 0.15) is 0 Å². The Labute approximate surface area is 55.0 Å². The van der Waals surface area contributed by atoms with Crippen LogP contribution >= 0.6 is 0 Å². The summed E-state index contributed by atoms with van der Waals surface area (Å²) >= 11 is 0. The summed E-state index contributed by atoms with van der Waals surface area (Å²) in [5.74, 6) is 0. The molecule has 1 saturated heterocycles. The fourth-order valence-corrected chi connectivity index (χ4v) is 1.10. The van der Waals surface area contributed by atoms with Gasteiger partial charge >= 0.3 is 0 Å². The molecule has 1 aliphatic rings. The van der Waals surface area contributed by atoms with Crippen molar-refractivity contribution in [2.75, 3.05) is 13.1 Å². The first kappa shape index (κ1) is 6.55. The van der Waals surface area contributed by atoms with Gasteiger partial charge in [-0.1, -0.05) is 6.42 Å². The number of hydrazine groups is 1. The third-order valence-electron chi connectivity index (χ3n) is 1.59. The van der Waals surface area contributed by atoms with Crippen LogP contribution < -0.4 is 5.43 Å². The Bertz CT molecular complexity index is 89.1. The van der Waals surface area contributed by atoms with E-state index in [9.17, 15) is 4.79 Å². The summed E-state index contributed by atoms with van der Waals surface area (Å²) in [4.78, 5) is 9.92. The van der Waals surface area contributed by atoms with Crippen LogP contribution in [0.5, 0.6) is 0 Å². The quantitative estimate of drug-likeness (QED) is 0.536. The molecule has 1 amide bonds. The molecule has 1 rings (SSSR count). The summed E-state index contributed by atoms with van der Waals surface area (Å²) in [6, 6.07) is 0. The molecule has 0 bridgehead atoms. The second kappa shape index (κ2) is 3.45. The van der Waals surface area contributed by atoms with Crippen molar-refractivity contribution in [3.05, 3.63) is 0 Å². The van der Waals surface area contributed by atoms with Gasteiger partial charge in [0.25, 0.3) is 0 Å². The molecule has 3 heteroatoms. The molecule has 0 aliphatic carbocycles. The predicted molar refractivity (Wildman–Crippen MR) is 34.6 cm³/mol. The van der Waals surface area contributed by atoms with Crippen molar-refractivity contribution in [1.82, 2.24) is 10.4 Å². The molecule has 0 atom stereocenters. The lowest BCUT2D eigenvalue weighted by Gasteiger charge is -2.24. The maximum absolute atomic E-state index is 9.92. The molecule has 9 heavy (non-hydrogen) atoms. The standard InChI is InChI=1S/C6H12N2O/c9-6-7-8-4-2-1-3-5-8/h6H,1-5H2,(H,7,9). The summed E-state index contributed by atoms with van der Waals surface area (Å²) in [5, 5.41) is 1.95. The van der Waals surface area contributed by atoms with E-state index in [4.69, 9.17) is 0 Å². The van der Waals surface area contributed by atoms with Gasteiger partial charge in [-0.3, -0.25) is 10.2 Å². The van der Waals surface area contributed by atoms with Crippen molar-refractivity contribution in [1.29, 1.82) is 0 Å². The summed E-state index contributed by atoms with van der Waals surface area (Å²) in [7, 11) is 0. The van der Waals surface area contributed by atoms with E-state index in [0.717, 1.165) is 19.5 Å². The van der Waals surface area contributed by atoms with Crippen LogP contribution in [0, 0.1) is 0 Å². The van der Waals surface area contributed by atoms with E-state index in [2.05, 4.69) is 5.43 Å². The molecule has 1 aliphatic heterocycles. The first-order chi connectivity index (χ1) is 4.43. The third-order valence-corrected chi connectivity index (χ3v) is 1.59. The zero-order valence-corrected chi connectivity index (χ0v) is 5.47. The topological polar surface area (TPSA) is 32.3 Å². The average Bonchev–Trinajstić information content (AvgIpc) is 1.91. The van der Waals surface area contributed by atoms with Gasteiger partial charge in [-0.25, -0.2) is 5.01 Å². The zero-order chi connectivity index (χ0) is 6.53. The van der Waals surface area contributed by atoms with Crippen LogP contribution in [-0.2, 0) is 4.79 Å². The first-order valence-corrected chi connectivity index (χ1v) is 3.38. The molecule has 0 aromatic carbocycles. The molecule has 1 heterocycles. The van der Waals surface area contributed by atoms with Crippen molar-refractivity contribution in [2.45, 2.75) is 19.3 Å². The lowest BCUT2D eigenvalue weighted by atomic mass is 10.2. The predicted octanol–water partition coefficient (Wildman–Crippen LogP) is 0.133. The second-order valence-electron chi connectivity index (χ2n) is 2.29. The van der Waals surface area contributed by atoms with Crippen LogP contribution in [0.1, 0.15) is 19.3 Å². The van der Waals surface area contributed by atoms with Crippen LogP contribution in [0.3, 0.4) is 0 Å². The first-order valence-electron chi connectivity index (χ1n) is 3.38. The van der Waals surface area contributed by atoms with Crippen LogP contribution in [-0.4, -0.2) is 24.5 Å². The Morgan fingerprint density at radius 2 is 1.89 bits per heavy atom. The molecule has 0 aromatic rings. The summed E-state index contributed by atoms with van der Waals surface area (Å²) < 4.78 is 0. The number of nitrogens with zero attached hydrogens (tertiary/aromatic N) is 1. The smallest absolute Gasteiger partial charge is 0.221 e. The van der Waals surface area contributed by atoms with E-state index in [1.54, 1.807) is 0 Å². The number of rotatable bonds is 2. The second-order valence-corrected chi connectivity index (χ2v) is 2.29. The molecule has 0 unspecified atom stereocenters. The van der Waals surface area contributed by atoms with Crippen LogP contribution in [0.15, 0.2) is 0 Å². The van der Waals surface area contributed by atoms with E-state index in [1.165, 1.54) is 19.3 Å². The summed E-state index contributed by atoms with van der Waals surface area (Å²) in [5.41, 5.74) is 2.64. The van der Waals surface area contributed by atoms with E-state index in [-0.39, 0.29) is 0 Å². The highest BCUT2D eigenvalue weighted by Gasteiger charge is 2.06. The van der Waals surface area contributed by atoms with E-state index < -0.39 is 0 Å². The number of carbonyl (C=O) groups is 1. The summed E-state index contributed by atoms with van der Waals surface area (Å²) in [6.45, 7) is 2.03. The van der Waals surface area contributed by atoms with Gasteiger partial charge in [-0.15, -0.1) is 0 Å². The third kappa shape index (κ3) is 2.01. The van der Waals surface area contributed by atoms with Gasteiger partial charge in [-0.2, -0.15) is 0 Å². The minimum atomic E-state index is 0.741. The fraction of sp³-hybridized carbons (Fsp3) is 0.833. The molecule has 0 aromatic heterocycles. The Hall–Kier alpha value is -0.570. The Balaban J connectivity index is 2.15. The zero-order valence-electron chi connectivity index (χ0n) is 5.47. The molecule has 0 radical (unpaired) electrons. The number of hydrogen-bond donors (Lipinski definition) is 1. The minimum absolute atomic E-state index is 0.741. The monoisotopic (exact) mass is 128 g/mol. The van der Waals surface area contributed by atoms with Gasteiger partial charge < -0.3 is 0 Å². The highest BCUT2D eigenvalue weighted by molar-refractivity contribution is 5.44. The molecule has 52 valence electrons. The molecule has 0 spiro atoms. The van der Waals surface area contributed by atoms with E-state index >= 15 is 0 Å². The van der Waals surface area contributed by atoms with Gasteiger partial charge in [0.15, 0.2) is 0 Å². The Kier molecular flexibility index (Phi) is 2.51. The summed E-state index contributed by atoms with van der Waals surface area (Å²) in [6.07, 6.45) is 4.46. The highest BCUT2D eigenvalue weighted by Crippen LogP contribution is 2.04. The van der Waals surface area contributed by atoms with Crippen molar-refractivity contribution in [3.63, 3.8) is 0 Å². The van der Waals surface area contributed by atoms with Crippen LogP contribution in [0.25, 0.3) is 0 Å². The fourth-order valence-electron chi connectivity index (χ4n) is 1.10. The number of nitrogens with one attached hydrogen (secondary N) is 1. The Morgan fingerprint density at radius 3 is 2.44 bits per heavy atom. The maximum atomic E-state index is 9.92. The largest absolute Gasteiger partial charge is 0.292 e. The van der Waals surface area contributed by atoms with E-state index in [0.29, 0.717) is 0 Å². The number of carbonyl (C=O) groups excluding carboxylic acids is 1. The van der Waals surface area contributed by atoms with Crippen molar-refractivity contribution in [2.24, 2.45) is 0 Å². The van der Waals surface area contributed by atoms with Crippen molar-refractivity contribution in [3.8, 4) is 0 Å². The molecule has 1 fully saturated rings. The average molecular weight is 128 g/mol. The molecule has 1 N–H and O–H groups in total. The SMILES string of the molecule is O=CNN1CCCCC1. The van der Waals surface area contributed by atoms with E-state index in [1.807, 2.05) is 5.01 Å². The highest BCUT2D eigenvalue weighted by atomic mass is 16.1. The van der Waals surface area contributed by atoms with Crippen molar-refractivity contribution >= 4 is 6.41 Å². The van der Waals surface area contributed by atoms with Gasteiger partial charge in [0.05, 0.1) is 0 Å². The maximum Gasteiger partial charge on any atom is 0.221 e. The minimum Gasteiger partial charge on any atom is -0.292 e. The molecule has 3 nitrogen and oxygen atoms in total. The van der Waals surface area contributed by atoms with Gasteiger partial charge in [0.2, 0.25) is 6.41 Å². The lowest BCUT2D eigenvalue weighted by molar-refractivity contribution is -0.114. The molecular formula is C6H12N2O. The van der Waals surface area contributed by atoms with Crippen LogP contribution in [0.4, 0.5) is 0 Å². The molecular weight excluding hydrogens is 116 g/mol.